The lowest BCUT2D eigenvalue weighted by Gasteiger charge is -2.29. The van der Waals surface area contributed by atoms with Crippen LogP contribution in [0.3, 0.4) is 0 Å². The van der Waals surface area contributed by atoms with Gasteiger partial charge in [-0.1, -0.05) is 43.5 Å². The van der Waals surface area contributed by atoms with E-state index in [-0.39, 0.29) is 6.10 Å². The summed E-state index contributed by atoms with van der Waals surface area (Å²) in [5, 5.41) is 14.4. The summed E-state index contributed by atoms with van der Waals surface area (Å²) in [4.78, 5) is 0. The zero-order valence-electron chi connectivity index (χ0n) is 11.6. The zero-order valence-corrected chi connectivity index (χ0v) is 12.4. The zero-order chi connectivity index (χ0) is 13.7. The van der Waals surface area contributed by atoms with Crippen LogP contribution in [0.15, 0.2) is 24.3 Å². The molecule has 1 fully saturated rings. The molecule has 1 aliphatic rings. The monoisotopic (exact) mass is 281 g/mol. The first kappa shape index (κ1) is 14.8. The van der Waals surface area contributed by atoms with Gasteiger partial charge < -0.3 is 10.4 Å². The maximum atomic E-state index is 10.0. The third-order valence-corrected chi connectivity index (χ3v) is 4.39. The van der Waals surface area contributed by atoms with E-state index in [1.807, 2.05) is 18.2 Å². The molecule has 0 amide bonds. The standard InChI is InChI=1S/C16H24ClNO/c1-2-15(12-7-5-8-14(17)10-12)18-11-13-6-3-4-9-16(13)19/h5,7-8,10,13,15-16,18-19H,2-4,6,9,11H2,1H3. The number of rotatable bonds is 5. The number of halogens is 1. The summed E-state index contributed by atoms with van der Waals surface area (Å²) in [6.07, 6.45) is 5.42. The Labute approximate surface area is 121 Å². The van der Waals surface area contributed by atoms with Crippen LogP contribution in [0.25, 0.3) is 0 Å². The number of aliphatic hydroxyl groups excluding tert-OH is 1. The van der Waals surface area contributed by atoms with Crippen LogP contribution in [0.1, 0.15) is 50.6 Å². The van der Waals surface area contributed by atoms with Crippen LogP contribution in [0, 0.1) is 5.92 Å². The lowest BCUT2D eigenvalue weighted by molar-refractivity contribution is 0.0680. The fourth-order valence-electron chi connectivity index (χ4n) is 2.94. The molecule has 1 aromatic rings. The second-order valence-corrected chi connectivity index (χ2v) is 5.97. The minimum absolute atomic E-state index is 0.127. The van der Waals surface area contributed by atoms with E-state index in [0.717, 1.165) is 30.8 Å². The van der Waals surface area contributed by atoms with E-state index in [2.05, 4.69) is 18.3 Å². The highest BCUT2D eigenvalue weighted by atomic mass is 35.5. The molecule has 0 aliphatic heterocycles. The van der Waals surface area contributed by atoms with Crippen LogP contribution in [0.5, 0.6) is 0 Å². The summed E-state index contributed by atoms with van der Waals surface area (Å²) in [5.74, 6) is 0.405. The molecule has 0 radical (unpaired) electrons. The molecule has 3 heteroatoms. The van der Waals surface area contributed by atoms with E-state index >= 15 is 0 Å². The van der Waals surface area contributed by atoms with Crippen molar-refractivity contribution in [1.29, 1.82) is 0 Å². The Morgan fingerprint density at radius 1 is 1.37 bits per heavy atom. The third kappa shape index (κ3) is 4.20. The summed E-state index contributed by atoms with van der Waals surface area (Å²) in [7, 11) is 0. The maximum Gasteiger partial charge on any atom is 0.0580 e. The minimum atomic E-state index is -0.127. The van der Waals surface area contributed by atoms with E-state index in [1.54, 1.807) is 0 Å². The van der Waals surface area contributed by atoms with E-state index in [1.165, 1.54) is 18.4 Å². The highest BCUT2D eigenvalue weighted by Crippen LogP contribution is 2.25. The van der Waals surface area contributed by atoms with Crippen LogP contribution in [-0.2, 0) is 0 Å². The molecular formula is C16H24ClNO. The second kappa shape index (κ2) is 7.28. The van der Waals surface area contributed by atoms with Gasteiger partial charge in [0.05, 0.1) is 6.10 Å². The van der Waals surface area contributed by atoms with Gasteiger partial charge in [-0.25, -0.2) is 0 Å². The van der Waals surface area contributed by atoms with E-state index in [9.17, 15) is 5.11 Å². The SMILES string of the molecule is CCC(NCC1CCCCC1O)c1cccc(Cl)c1. The van der Waals surface area contributed by atoms with Crippen molar-refractivity contribution in [1.82, 2.24) is 5.32 Å². The predicted molar refractivity (Wildman–Crippen MR) is 80.5 cm³/mol. The number of hydrogen-bond acceptors (Lipinski definition) is 2. The molecule has 19 heavy (non-hydrogen) atoms. The number of aliphatic hydroxyl groups is 1. The molecule has 106 valence electrons. The van der Waals surface area contributed by atoms with E-state index < -0.39 is 0 Å². The number of benzene rings is 1. The predicted octanol–water partition coefficient (Wildman–Crippen LogP) is 3.93. The van der Waals surface area contributed by atoms with Crippen molar-refractivity contribution in [2.75, 3.05) is 6.54 Å². The molecule has 0 aromatic heterocycles. The van der Waals surface area contributed by atoms with Gasteiger partial charge in [0.2, 0.25) is 0 Å². The van der Waals surface area contributed by atoms with Crippen LogP contribution >= 0.6 is 11.6 Å². The summed E-state index contributed by atoms with van der Waals surface area (Å²) in [5.41, 5.74) is 1.24. The number of nitrogens with one attached hydrogen (secondary N) is 1. The normalized spacial score (nSPS) is 25.2. The Morgan fingerprint density at radius 2 is 2.16 bits per heavy atom. The summed E-state index contributed by atoms with van der Waals surface area (Å²) in [6.45, 7) is 3.07. The van der Waals surface area contributed by atoms with Crippen molar-refractivity contribution in [2.24, 2.45) is 5.92 Å². The highest BCUT2D eigenvalue weighted by molar-refractivity contribution is 6.30. The minimum Gasteiger partial charge on any atom is -0.393 e. The van der Waals surface area contributed by atoms with Crippen molar-refractivity contribution < 1.29 is 5.11 Å². The van der Waals surface area contributed by atoms with Gasteiger partial charge in [0.25, 0.3) is 0 Å². The Balaban J connectivity index is 1.92. The van der Waals surface area contributed by atoms with Gasteiger partial charge in [0.15, 0.2) is 0 Å². The third-order valence-electron chi connectivity index (χ3n) is 4.15. The second-order valence-electron chi connectivity index (χ2n) is 5.54. The van der Waals surface area contributed by atoms with Gasteiger partial charge >= 0.3 is 0 Å². The van der Waals surface area contributed by atoms with Crippen molar-refractivity contribution in [3.8, 4) is 0 Å². The van der Waals surface area contributed by atoms with Gasteiger partial charge in [-0.15, -0.1) is 0 Å². The molecule has 0 bridgehead atoms. The molecule has 3 atom stereocenters. The van der Waals surface area contributed by atoms with E-state index in [4.69, 9.17) is 11.6 Å². The Kier molecular flexibility index (Phi) is 5.68. The van der Waals surface area contributed by atoms with Gasteiger partial charge in [0, 0.05) is 17.6 Å². The fraction of sp³-hybridized carbons (Fsp3) is 0.625. The topological polar surface area (TPSA) is 32.3 Å². The quantitative estimate of drug-likeness (QED) is 0.857. The number of hydrogen-bond donors (Lipinski definition) is 2. The smallest absolute Gasteiger partial charge is 0.0580 e. The first-order valence-electron chi connectivity index (χ1n) is 7.37. The summed E-state index contributed by atoms with van der Waals surface area (Å²) in [6, 6.07) is 8.37. The maximum absolute atomic E-state index is 10.0. The van der Waals surface area contributed by atoms with Gasteiger partial charge in [0.1, 0.15) is 0 Å². The highest BCUT2D eigenvalue weighted by Gasteiger charge is 2.23. The van der Waals surface area contributed by atoms with Crippen LogP contribution in [0.2, 0.25) is 5.02 Å². The molecule has 0 heterocycles. The van der Waals surface area contributed by atoms with Crippen molar-refractivity contribution in [3.63, 3.8) is 0 Å². The summed E-state index contributed by atoms with van der Waals surface area (Å²) < 4.78 is 0. The average molecular weight is 282 g/mol. The van der Waals surface area contributed by atoms with Crippen molar-refractivity contribution in [3.05, 3.63) is 34.9 Å². The molecule has 1 aromatic carbocycles. The van der Waals surface area contributed by atoms with Crippen LogP contribution < -0.4 is 5.32 Å². The molecule has 1 aliphatic carbocycles. The van der Waals surface area contributed by atoms with Crippen LogP contribution in [0.4, 0.5) is 0 Å². The van der Waals surface area contributed by atoms with Gasteiger partial charge in [-0.3, -0.25) is 0 Å². The molecule has 2 nitrogen and oxygen atoms in total. The van der Waals surface area contributed by atoms with Gasteiger partial charge in [-0.05, 0) is 42.9 Å². The van der Waals surface area contributed by atoms with Gasteiger partial charge in [-0.2, -0.15) is 0 Å². The Hall–Kier alpha value is -0.570. The first-order chi connectivity index (χ1) is 9.20. The van der Waals surface area contributed by atoms with Crippen molar-refractivity contribution in [2.45, 2.75) is 51.2 Å². The largest absolute Gasteiger partial charge is 0.393 e. The van der Waals surface area contributed by atoms with E-state index in [0.29, 0.717) is 12.0 Å². The molecule has 2 N–H and O–H groups in total. The molecule has 0 saturated heterocycles. The molecule has 0 spiro atoms. The lowest BCUT2D eigenvalue weighted by Crippen LogP contribution is -2.35. The van der Waals surface area contributed by atoms with Crippen LogP contribution in [-0.4, -0.2) is 17.8 Å². The molecule has 3 unspecified atom stereocenters. The molecular weight excluding hydrogens is 258 g/mol. The lowest BCUT2D eigenvalue weighted by atomic mass is 9.86. The fourth-order valence-corrected chi connectivity index (χ4v) is 3.14. The average Bonchev–Trinajstić information content (AvgIpc) is 2.41. The molecule has 1 saturated carbocycles. The Morgan fingerprint density at radius 3 is 2.84 bits per heavy atom. The first-order valence-corrected chi connectivity index (χ1v) is 7.75. The van der Waals surface area contributed by atoms with Crippen molar-refractivity contribution >= 4 is 11.6 Å². The Bertz CT molecular complexity index is 396. The summed E-state index contributed by atoms with van der Waals surface area (Å²) >= 11 is 6.05. The molecule has 2 rings (SSSR count).